The van der Waals surface area contributed by atoms with Gasteiger partial charge in [-0.3, -0.25) is 0 Å². The van der Waals surface area contributed by atoms with Crippen LogP contribution in [0.4, 0.5) is 34.1 Å². The molecule has 0 aliphatic carbocycles. The SMILES string of the molecule is c1ccc(N(c2ccc(-c3nc4ccccc4o3)cc2)c2ccc3c(ccc4cc(N(c5ccccc5)c5ccc(-c6nc7ccccc7o6)cc5)ccc43)c2)cc1. The fourth-order valence-corrected chi connectivity index (χ4v) is 7.87. The molecule has 0 unspecified atom stereocenters. The Morgan fingerprint density at radius 2 is 0.672 bits per heavy atom. The van der Waals surface area contributed by atoms with Gasteiger partial charge in [0.15, 0.2) is 11.2 Å². The summed E-state index contributed by atoms with van der Waals surface area (Å²) in [7, 11) is 0. The number of rotatable bonds is 8. The number of nitrogens with zero attached hydrogens (tertiary/aromatic N) is 4. The van der Waals surface area contributed by atoms with Crippen LogP contribution in [0.15, 0.2) is 215 Å². The van der Waals surface area contributed by atoms with Gasteiger partial charge in [-0.05, 0) is 143 Å². The third-order valence-corrected chi connectivity index (χ3v) is 10.7. The minimum absolute atomic E-state index is 0.612. The first-order chi connectivity index (χ1) is 28.7. The molecule has 0 bridgehead atoms. The van der Waals surface area contributed by atoms with Gasteiger partial charge in [0, 0.05) is 45.3 Å². The van der Waals surface area contributed by atoms with Gasteiger partial charge in [-0.25, -0.2) is 9.97 Å². The summed E-state index contributed by atoms with van der Waals surface area (Å²) < 4.78 is 12.1. The van der Waals surface area contributed by atoms with Crippen molar-refractivity contribution in [3.63, 3.8) is 0 Å². The molecule has 11 aromatic rings. The number of aromatic nitrogens is 2. The Labute approximate surface area is 334 Å². The summed E-state index contributed by atoms with van der Waals surface area (Å²) in [5.41, 5.74) is 11.5. The van der Waals surface area contributed by atoms with Crippen LogP contribution < -0.4 is 9.80 Å². The van der Waals surface area contributed by atoms with Crippen molar-refractivity contribution in [2.24, 2.45) is 0 Å². The number of fused-ring (bicyclic) bond motifs is 5. The zero-order valence-electron chi connectivity index (χ0n) is 31.2. The summed E-state index contributed by atoms with van der Waals surface area (Å²) in [6.45, 7) is 0. The van der Waals surface area contributed by atoms with Crippen LogP contribution in [0.1, 0.15) is 0 Å². The number of benzene rings is 9. The van der Waals surface area contributed by atoms with Gasteiger partial charge in [0.2, 0.25) is 11.8 Å². The second-order valence-electron chi connectivity index (χ2n) is 14.3. The fraction of sp³-hybridized carbons (Fsp3) is 0. The van der Waals surface area contributed by atoms with Gasteiger partial charge >= 0.3 is 0 Å². The first-order valence-electron chi connectivity index (χ1n) is 19.3. The Hall–Kier alpha value is -7.96. The maximum atomic E-state index is 6.07. The molecule has 0 fully saturated rings. The summed E-state index contributed by atoms with van der Waals surface area (Å²) in [5.74, 6) is 1.22. The number of para-hydroxylation sites is 6. The predicted octanol–water partition coefficient (Wildman–Crippen LogP) is 14.5. The van der Waals surface area contributed by atoms with Crippen LogP contribution in [0.25, 0.3) is 66.7 Å². The van der Waals surface area contributed by atoms with E-state index in [1.54, 1.807) is 0 Å². The molecule has 6 nitrogen and oxygen atoms in total. The van der Waals surface area contributed by atoms with E-state index >= 15 is 0 Å². The lowest BCUT2D eigenvalue weighted by Crippen LogP contribution is -2.10. The van der Waals surface area contributed by atoms with E-state index in [1.807, 2.05) is 60.7 Å². The van der Waals surface area contributed by atoms with Crippen molar-refractivity contribution in [2.75, 3.05) is 9.80 Å². The standard InChI is InChI=1S/C52H34N4O2/c1-3-11-39(12-4-1)55(41-25-21-35(22-26-41)51-53-47-15-7-9-17-49(47)57-51)43-29-31-45-37(33-43)19-20-38-34-44(30-32-46(38)45)56(40-13-5-2-6-14-40)42-27-23-36(24-28-42)52-54-48-16-8-10-18-50(48)58-52/h1-34H. The maximum absolute atomic E-state index is 6.07. The average Bonchev–Trinajstić information content (AvgIpc) is 3.93. The highest BCUT2D eigenvalue weighted by atomic mass is 16.4. The summed E-state index contributed by atoms with van der Waals surface area (Å²) >= 11 is 0. The van der Waals surface area contributed by atoms with Crippen LogP contribution in [-0.2, 0) is 0 Å². The minimum Gasteiger partial charge on any atom is -0.436 e. The van der Waals surface area contributed by atoms with E-state index in [4.69, 9.17) is 18.8 Å². The molecule has 0 aliphatic heterocycles. The molecule has 0 amide bonds. The van der Waals surface area contributed by atoms with Crippen LogP contribution in [0.5, 0.6) is 0 Å². The summed E-state index contributed by atoms with van der Waals surface area (Å²) in [6.07, 6.45) is 0. The van der Waals surface area contributed by atoms with Crippen molar-refractivity contribution in [1.82, 2.24) is 9.97 Å². The van der Waals surface area contributed by atoms with E-state index in [-0.39, 0.29) is 0 Å². The average molecular weight is 747 g/mol. The first-order valence-corrected chi connectivity index (χ1v) is 19.3. The van der Waals surface area contributed by atoms with Crippen molar-refractivity contribution in [1.29, 1.82) is 0 Å². The largest absolute Gasteiger partial charge is 0.436 e. The molecule has 6 heteroatoms. The molecule has 0 saturated carbocycles. The van der Waals surface area contributed by atoms with Crippen LogP contribution in [0.2, 0.25) is 0 Å². The lowest BCUT2D eigenvalue weighted by atomic mass is 10.00. The molecule has 2 aromatic heterocycles. The van der Waals surface area contributed by atoms with Gasteiger partial charge < -0.3 is 18.6 Å². The minimum atomic E-state index is 0.612. The molecule has 0 saturated heterocycles. The zero-order valence-corrected chi connectivity index (χ0v) is 31.2. The highest BCUT2D eigenvalue weighted by Gasteiger charge is 2.18. The van der Waals surface area contributed by atoms with Crippen molar-refractivity contribution in [2.45, 2.75) is 0 Å². The molecule has 11 rings (SSSR count). The lowest BCUT2D eigenvalue weighted by Gasteiger charge is -2.26. The Morgan fingerprint density at radius 3 is 1.09 bits per heavy atom. The summed E-state index contributed by atoms with van der Waals surface area (Å²) in [6, 6.07) is 71.4. The zero-order chi connectivity index (χ0) is 38.4. The van der Waals surface area contributed by atoms with Crippen LogP contribution in [-0.4, -0.2) is 9.97 Å². The molecule has 274 valence electrons. The highest BCUT2D eigenvalue weighted by Crippen LogP contribution is 2.41. The van der Waals surface area contributed by atoms with Gasteiger partial charge in [0.05, 0.1) is 0 Å². The quantitative estimate of drug-likeness (QED) is 0.144. The Kier molecular flexibility index (Phi) is 8.04. The van der Waals surface area contributed by atoms with E-state index in [2.05, 4.69) is 155 Å². The third-order valence-electron chi connectivity index (χ3n) is 10.7. The van der Waals surface area contributed by atoms with Crippen LogP contribution in [0, 0.1) is 0 Å². The molecule has 0 spiro atoms. The molecule has 0 atom stereocenters. The van der Waals surface area contributed by atoms with Gasteiger partial charge in [-0.2, -0.15) is 0 Å². The number of hydrogen-bond acceptors (Lipinski definition) is 6. The molecule has 0 N–H and O–H groups in total. The lowest BCUT2D eigenvalue weighted by molar-refractivity contribution is 0.619. The molecule has 0 aliphatic rings. The second kappa shape index (κ2) is 14.0. The Bertz CT molecular complexity index is 2940. The third kappa shape index (κ3) is 6.01. The van der Waals surface area contributed by atoms with Gasteiger partial charge in [-0.15, -0.1) is 0 Å². The van der Waals surface area contributed by atoms with Gasteiger partial charge in [0.25, 0.3) is 0 Å². The van der Waals surface area contributed by atoms with E-state index in [1.165, 1.54) is 10.8 Å². The van der Waals surface area contributed by atoms with Crippen molar-refractivity contribution in [3.05, 3.63) is 206 Å². The molecule has 9 aromatic carbocycles. The van der Waals surface area contributed by atoms with Crippen molar-refractivity contribution in [3.8, 4) is 22.9 Å². The van der Waals surface area contributed by atoms with Crippen LogP contribution in [0.3, 0.4) is 0 Å². The monoisotopic (exact) mass is 746 g/mol. The van der Waals surface area contributed by atoms with Crippen LogP contribution >= 0.6 is 0 Å². The van der Waals surface area contributed by atoms with E-state index < -0.39 is 0 Å². The van der Waals surface area contributed by atoms with E-state index in [0.717, 1.165) is 78.2 Å². The van der Waals surface area contributed by atoms with Crippen molar-refractivity contribution >= 4 is 77.9 Å². The smallest absolute Gasteiger partial charge is 0.227 e. The van der Waals surface area contributed by atoms with E-state index in [9.17, 15) is 0 Å². The fourth-order valence-electron chi connectivity index (χ4n) is 7.87. The molecule has 2 heterocycles. The summed E-state index contributed by atoms with van der Waals surface area (Å²) in [5, 5.41) is 4.72. The first kappa shape index (κ1) is 33.4. The number of oxazole rings is 2. The molecule has 0 radical (unpaired) electrons. The number of anilines is 6. The summed E-state index contributed by atoms with van der Waals surface area (Å²) in [4.78, 5) is 14.0. The molecular weight excluding hydrogens is 713 g/mol. The van der Waals surface area contributed by atoms with Crippen molar-refractivity contribution < 1.29 is 8.83 Å². The van der Waals surface area contributed by atoms with E-state index in [0.29, 0.717) is 11.8 Å². The Balaban J connectivity index is 0.941. The highest BCUT2D eigenvalue weighted by molar-refractivity contribution is 6.09. The topological polar surface area (TPSA) is 58.5 Å². The predicted molar refractivity (Wildman–Crippen MR) is 237 cm³/mol. The molecular formula is C52H34N4O2. The second-order valence-corrected chi connectivity index (χ2v) is 14.3. The maximum Gasteiger partial charge on any atom is 0.227 e. The Morgan fingerprint density at radius 1 is 0.310 bits per heavy atom. The number of hydrogen-bond donors (Lipinski definition) is 0. The van der Waals surface area contributed by atoms with Gasteiger partial charge in [0.1, 0.15) is 11.0 Å². The van der Waals surface area contributed by atoms with Gasteiger partial charge in [-0.1, -0.05) is 84.9 Å². The molecule has 58 heavy (non-hydrogen) atoms. The normalized spacial score (nSPS) is 11.4.